The van der Waals surface area contributed by atoms with E-state index >= 15 is 0 Å². The minimum absolute atomic E-state index is 0.111. The van der Waals surface area contributed by atoms with E-state index in [0.717, 1.165) is 12.8 Å². The van der Waals surface area contributed by atoms with E-state index in [1.807, 2.05) is 13.8 Å². The number of nitrogens with one attached hydrogen (secondary N) is 1. The second-order valence-corrected chi connectivity index (χ2v) is 2.58. The lowest BCUT2D eigenvalue weighted by Crippen LogP contribution is -2.31. The van der Waals surface area contributed by atoms with E-state index in [9.17, 15) is 4.79 Å². The zero-order chi connectivity index (χ0) is 8.69. The molecule has 3 nitrogen and oxygen atoms in total. The summed E-state index contributed by atoms with van der Waals surface area (Å²) in [4.78, 5) is 11.2. The van der Waals surface area contributed by atoms with Gasteiger partial charge in [0, 0.05) is 12.5 Å². The minimum atomic E-state index is 0.111. The molecule has 0 rings (SSSR count). The Kier molecular flexibility index (Phi) is 5.84. The molecule has 0 aromatic heterocycles. The van der Waals surface area contributed by atoms with E-state index < -0.39 is 0 Å². The Morgan fingerprint density at radius 1 is 1.55 bits per heavy atom. The fraction of sp³-hybridized carbons (Fsp3) is 0.875. The topological polar surface area (TPSA) is 55.1 Å². The summed E-state index contributed by atoms with van der Waals surface area (Å²) in [6, 6.07) is 0. The van der Waals surface area contributed by atoms with Gasteiger partial charge in [-0.2, -0.15) is 0 Å². The second kappa shape index (κ2) is 6.16. The first kappa shape index (κ1) is 10.4. The summed E-state index contributed by atoms with van der Waals surface area (Å²) in [6.45, 7) is 5.23. The van der Waals surface area contributed by atoms with Crippen LogP contribution in [0, 0.1) is 5.92 Å². The molecule has 0 aromatic carbocycles. The van der Waals surface area contributed by atoms with Crippen LogP contribution in [0.4, 0.5) is 0 Å². The molecule has 0 heterocycles. The van der Waals surface area contributed by atoms with Crippen molar-refractivity contribution in [1.82, 2.24) is 5.32 Å². The van der Waals surface area contributed by atoms with Crippen molar-refractivity contribution in [3.63, 3.8) is 0 Å². The normalized spacial score (nSPS) is 12.6. The third-order valence-corrected chi connectivity index (χ3v) is 1.73. The van der Waals surface area contributed by atoms with Crippen LogP contribution in [0.25, 0.3) is 0 Å². The lowest BCUT2D eigenvalue weighted by atomic mass is 10.0. The zero-order valence-electron chi connectivity index (χ0n) is 7.39. The highest BCUT2D eigenvalue weighted by Crippen LogP contribution is 2.06. The highest BCUT2D eigenvalue weighted by atomic mass is 16.1. The van der Waals surface area contributed by atoms with Crippen LogP contribution in [0.15, 0.2) is 0 Å². The Labute approximate surface area is 68.3 Å². The average Bonchev–Trinajstić information content (AvgIpc) is 2.00. The summed E-state index contributed by atoms with van der Waals surface area (Å²) in [7, 11) is 0. The van der Waals surface area contributed by atoms with E-state index in [1.54, 1.807) is 0 Å². The second-order valence-electron chi connectivity index (χ2n) is 2.58. The van der Waals surface area contributed by atoms with Gasteiger partial charge in [0.15, 0.2) is 0 Å². The van der Waals surface area contributed by atoms with E-state index in [4.69, 9.17) is 5.73 Å². The van der Waals surface area contributed by atoms with Gasteiger partial charge in [-0.3, -0.25) is 4.79 Å². The van der Waals surface area contributed by atoms with E-state index in [-0.39, 0.29) is 11.8 Å². The summed E-state index contributed by atoms with van der Waals surface area (Å²) in [5, 5.41) is 2.79. The molecule has 0 saturated carbocycles. The van der Waals surface area contributed by atoms with Gasteiger partial charge in [-0.1, -0.05) is 6.92 Å². The molecule has 1 unspecified atom stereocenters. The molecule has 0 aliphatic carbocycles. The van der Waals surface area contributed by atoms with Crippen molar-refractivity contribution < 1.29 is 4.79 Å². The molecule has 1 amide bonds. The van der Waals surface area contributed by atoms with Crippen molar-refractivity contribution in [2.24, 2.45) is 11.7 Å². The summed E-state index contributed by atoms with van der Waals surface area (Å²) in [5.74, 6) is 0.250. The van der Waals surface area contributed by atoms with Gasteiger partial charge in [-0.05, 0) is 26.3 Å². The molecule has 0 aromatic rings. The lowest BCUT2D eigenvalue weighted by Gasteiger charge is -2.12. The predicted octanol–water partition coefficient (Wildman–Crippen LogP) is 0.497. The maximum Gasteiger partial charge on any atom is 0.223 e. The largest absolute Gasteiger partial charge is 0.356 e. The third-order valence-electron chi connectivity index (χ3n) is 1.73. The Morgan fingerprint density at radius 3 is 2.55 bits per heavy atom. The lowest BCUT2D eigenvalue weighted by molar-refractivity contribution is -0.125. The van der Waals surface area contributed by atoms with Crippen LogP contribution in [-0.4, -0.2) is 19.0 Å². The fourth-order valence-electron chi connectivity index (χ4n) is 1.04. The first-order chi connectivity index (χ1) is 5.26. The highest BCUT2D eigenvalue weighted by molar-refractivity contribution is 5.78. The van der Waals surface area contributed by atoms with Gasteiger partial charge in [0.05, 0.1) is 0 Å². The molecule has 0 fully saturated rings. The highest BCUT2D eigenvalue weighted by Gasteiger charge is 2.13. The molecule has 0 spiro atoms. The molecular weight excluding hydrogens is 140 g/mol. The van der Waals surface area contributed by atoms with Crippen molar-refractivity contribution in [3.05, 3.63) is 0 Å². The minimum Gasteiger partial charge on any atom is -0.356 e. The quantitative estimate of drug-likeness (QED) is 0.612. The SMILES string of the molecule is CCNC(=O)C(CC)CCN. The third kappa shape index (κ3) is 3.98. The molecular formula is C8H18N2O. The van der Waals surface area contributed by atoms with E-state index in [0.29, 0.717) is 13.1 Å². The van der Waals surface area contributed by atoms with Crippen molar-refractivity contribution in [2.75, 3.05) is 13.1 Å². The summed E-state index contributed by atoms with van der Waals surface area (Å²) < 4.78 is 0. The molecule has 0 aliphatic heterocycles. The molecule has 11 heavy (non-hydrogen) atoms. The van der Waals surface area contributed by atoms with Gasteiger partial charge >= 0.3 is 0 Å². The molecule has 0 aliphatic rings. The number of hydrogen-bond donors (Lipinski definition) is 2. The van der Waals surface area contributed by atoms with Gasteiger partial charge in [0.25, 0.3) is 0 Å². The Balaban J connectivity index is 3.71. The standard InChI is InChI=1S/C8H18N2O/c1-3-7(5-6-9)8(11)10-4-2/h7H,3-6,9H2,1-2H3,(H,10,11). The van der Waals surface area contributed by atoms with Crippen molar-refractivity contribution in [1.29, 1.82) is 0 Å². The fourth-order valence-corrected chi connectivity index (χ4v) is 1.04. The van der Waals surface area contributed by atoms with Crippen LogP contribution in [0.1, 0.15) is 26.7 Å². The molecule has 3 heteroatoms. The van der Waals surface area contributed by atoms with Gasteiger partial charge in [0.1, 0.15) is 0 Å². The van der Waals surface area contributed by atoms with Crippen LogP contribution in [0.2, 0.25) is 0 Å². The monoisotopic (exact) mass is 158 g/mol. The maximum absolute atomic E-state index is 11.2. The number of carbonyl (C=O) groups excluding carboxylic acids is 1. The Morgan fingerprint density at radius 2 is 2.18 bits per heavy atom. The summed E-state index contributed by atoms with van der Waals surface area (Å²) >= 11 is 0. The van der Waals surface area contributed by atoms with Crippen LogP contribution in [0.5, 0.6) is 0 Å². The van der Waals surface area contributed by atoms with Crippen molar-refractivity contribution in [3.8, 4) is 0 Å². The summed E-state index contributed by atoms with van der Waals surface area (Å²) in [5.41, 5.74) is 5.36. The number of carbonyl (C=O) groups is 1. The first-order valence-corrected chi connectivity index (χ1v) is 4.24. The summed E-state index contributed by atoms with van der Waals surface area (Å²) in [6.07, 6.45) is 1.67. The van der Waals surface area contributed by atoms with E-state index in [1.165, 1.54) is 0 Å². The van der Waals surface area contributed by atoms with Crippen LogP contribution < -0.4 is 11.1 Å². The first-order valence-electron chi connectivity index (χ1n) is 4.24. The molecule has 0 bridgehead atoms. The molecule has 0 radical (unpaired) electrons. The van der Waals surface area contributed by atoms with Gasteiger partial charge < -0.3 is 11.1 Å². The molecule has 3 N–H and O–H groups in total. The molecule has 1 atom stereocenters. The Hall–Kier alpha value is -0.570. The van der Waals surface area contributed by atoms with Crippen LogP contribution in [0.3, 0.4) is 0 Å². The van der Waals surface area contributed by atoms with Gasteiger partial charge in [-0.15, -0.1) is 0 Å². The van der Waals surface area contributed by atoms with Crippen LogP contribution >= 0.6 is 0 Å². The number of amides is 1. The van der Waals surface area contributed by atoms with Crippen LogP contribution in [-0.2, 0) is 4.79 Å². The Bertz CT molecular complexity index is 115. The van der Waals surface area contributed by atoms with Crippen molar-refractivity contribution in [2.45, 2.75) is 26.7 Å². The maximum atomic E-state index is 11.2. The molecule has 66 valence electrons. The number of rotatable bonds is 5. The number of nitrogens with two attached hydrogens (primary N) is 1. The van der Waals surface area contributed by atoms with Crippen molar-refractivity contribution >= 4 is 5.91 Å². The molecule has 0 saturated heterocycles. The van der Waals surface area contributed by atoms with E-state index in [2.05, 4.69) is 5.32 Å². The predicted molar refractivity (Wildman–Crippen MR) is 46.1 cm³/mol. The van der Waals surface area contributed by atoms with Gasteiger partial charge in [-0.25, -0.2) is 0 Å². The number of hydrogen-bond acceptors (Lipinski definition) is 2. The zero-order valence-corrected chi connectivity index (χ0v) is 7.39. The smallest absolute Gasteiger partial charge is 0.223 e. The average molecular weight is 158 g/mol. The van der Waals surface area contributed by atoms with Gasteiger partial charge in [0.2, 0.25) is 5.91 Å².